The number of rotatable bonds is 5. The third-order valence-electron chi connectivity index (χ3n) is 3.91. The van der Waals surface area contributed by atoms with Crippen molar-refractivity contribution in [2.45, 2.75) is 20.3 Å². The van der Waals surface area contributed by atoms with Gasteiger partial charge in [0.05, 0.1) is 11.3 Å². The Kier molecular flexibility index (Phi) is 5.88. The normalized spacial score (nSPS) is 11.6. The molecule has 26 heavy (non-hydrogen) atoms. The van der Waals surface area contributed by atoms with Crippen LogP contribution in [0.2, 0.25) is 5.02 Å². The molecule has 1 heterocycles. The molecule has 1 aromatic heterocycles. The molecule has 2 aromatic carbocycles. The van der Waals surface area contributed by atoms with E-state index < -0.39 is 0 Å². The van der Waals surface area contributed by atoms with Gasteiger partial charge in [-0.3, -0.25) is 0 Å². The van der Waals surface area contributed by atoms with Gasteiger partial charge in [0.15, 0.2) is 0 Å². The standard InChI is InChI=1S/C22H19ClN2S/c1-15(2)10-16-6-8-18(9-7-16)21-14-26-22(25-21)19(13-24)11-17-4-3-5-20(23)12-17/h3-9,11-12,14-15H,10H2,1-2H3/b19-11-. The number of halogens is 1. The van der Waals surface area contributed by atoms with E-state index >= 15 is 0 Å². The summed E-state index contributed by atoms with van der Waals surface area (Å²) in [6.45, 7) is 4.44. The van der Waals surface area contributed by atoms with Gasteiger partial charge in [0.2, 0.25) is 0 Å². The first-order valence-electron chi connectivity index (χ1n) is 8.47. The Labute approximate surface area is 163 Å². The van der Waals surface area contributed by atoms with Crippen LogP contribution in [-0.4, -0.2) is 4.98 Å². The van der Waals surface area contributed by atoms with E-state index in [1.807, 2.05) is 35.7 Å². The van der Waals surface area contributed by atoms with Crippen LogP contribution in [0.25, 0.3) is 22.9 Å². The maximum absolute atomic E-state index is 9.53. The molecule has 0 radical (unpaired) electrons. The Morgan fingerprint density at radius 1 is 1.23 bits per heavy atom. The number of hydrogen-bond acceptors (Lipinski definition) is 3. The maximum atomic E-state index is 9.53. The number of allylic oxidation sites excluding steroid dienone is 1. The van der Waals surface area contributed by atoms with Gasteiger partial charge < -0.3 is 0 Å². The molecule has 0 unspecified atom stereocenters. The minimum Gasteiger partial charge on any atom is -0.235 e. The molecule has 130 valence electrons. The third-order valence-corrected chi connectivity index (χ3v) is 5.02. The Hall–Kier alpha value is -2.41. The van der Waals surface area contributed by atoms with Crippen LogP contribution in [0.3, 0.4) is 0 Å². The summed E-state index contributed by atoms with van der Waals surface area (Å²) in [5, 5.41) is 12.9. The lowest BCUT2D eigenvalue weighted by Gasteiger charge is -2.05. The molecule has 0 N–H and O–H groups in total. The number of hydrogen-bond donors (Lipinski definition) is 0. The zero-order valence-corrected chi connectivity index (χ0v) is 16.3. The van der Waals surface area contributed by atoms with E-state index in [-0.39, 0.29) is 0 Å². The second-order valence-electron chi connectivity index (χ2n) is 6.56. The summed E-state index contributed by atoms with van der Waals surface area (Å²) in [4.78, 5) is 4.66. The lowest BCUT2D eigenvalue weighted by Crippen LogP contribution is -1.93. The summed E-state index contributed by atoms with van der Waals surface area (Å²) in [6, 6.07) is 18.2. The Morgan fingerprint density at radius 2 is 2.00 bits per heavy atom. The molecule has 3 rings (SSSR count). The summed E-state index contributed by atoms with van der Waals surface area (Å²) in [5.74, 6) is 0.640. The number of thiazole rings is 1. The van der Waals surface area contributed by atoms with E-state index in [1.54, 1.807) is 0 Å². The third kappa shape index (κ3) is 4.60. The van der Waals surface area contributed by atoms with Crippen molar-refractivity contribution < 1.29 is 0 Å². The average molecular weight is 379 g/mol. The van der Waals surface area contributed by atoms with Crippen molar-refractivity contribution >= 4 is 34.6 Å². The molecule has 0 amide bonds. The van der Waals surface area contributed by atoms with Crippen molar-refractivity contribution in [1.82, 2.24) is 4.98 Å². The van der Waals surface area contributed by atoms with Crippen LogP contribution in [0.4, 0.5) is 0 Å². The van der Waals surface area contributed by atoms with Crippen molar-refractivity contribution in [2.75, 3.05) is 0 Å². The largest absolute Gasteiger partial charge is 0.235 e. The first kappa shape index (κ1) is 18.4. The van der Waals surface area contributed by atoms with E-state index in [0.29, 0.717) is 21.5 Å². The van der Waals surface area contributed by atoms with Gasteiger partial charge >= 0.3 is 0 Å². The van der Waals surface area contributed by atoms with Crippen LogP contribution in [0.15, 0.2) is 53.9 Å². The maximum Gasteiger partial charge on any atom is 0.134 e. The second kappa shape index (κ2) is 8.31. The first-order valence-corrected chi connectivity index (χ1v) is 9.73. The molecule has 0 saturated heterocycles. The lowest BCUT2D eigenvalue weighted by atomic mass is 10.0. The van der Waals surface area contributed by atoms with Gasteiger partial charge in [0.1, 0.15) is 11.1 Å². The van der Waals surface area contributed by atoms with E-state index in [0.717, 1.165) is 23.2 Å². The van der Waals surface area contributed by atoms with Gasteiger partial charge in [0.25, 0.3) is 0 Å². The van der Waals surface area contributed by atoms with Crippen LogP contribution < -0.4 is 0 Å². The summed E-state index contributed by atoms with van der Waals surface area (Å²) in [5.41, 5.74) is 4.73. The minimum atomic E-state index is 0.542. The molecule has 0 bridgehead atoms. The molecule has 0 aliphatic carbocycles. The van der Waals surface area contributed by atoms with Crippen LogP contribution in [0.5, 0.6) is 0 Å². The smallest absolute Gasteiger partial charge is 0.134 e. The molecule has 2 nitrogen and oxygen atoms in total. The Bertz CT molecular complexity index is 962. The predicted octanol–water partition coefficient (Wildman–Crippen LogP) is 6.73. The van der Waals surface area contributed by atoms with Crippen LogP contribution in [0.1, 0.15) is 30.0 Å². The lowest BCUT2D eigenvalue weighted by molar-refractivity contribution is 0.647. The highest BCUT2D eigenvalue weighted by Gasteiger charge is 2.09. The number of aromatic nitrogens is 1. The summed E-state index contributed by atoms with van der Waals surface area (Å²) in [6.07, 6.45) is 2.89. The van der Waals surface area contributed by atoms with Crippen molar-refractivity contribution in [3.63, 3.8) is 0 Å². The second-order valence-corrected chi connectivity index (χ2v) is 7.85. The Morgan fingerprint density at radius 3 is 2.65 bits per heavy atom. The van der Waals surface area contributed by atoms with Crippen LogP contribution in [0, 0.1) is 17.2 Å². The van der Waals surface area contributed by atoms with Crippen molar-refractivity contribution in [3.8, 4) is 17.3 Å². The van der Waals surface area contributed by atoms with Crippen LogP contribution >= 0.6 is 22.9 Å². The highest BCUT2D eigenvalue weighted by molar-refractivity contribution is 7.11. The van der Waals surface area contributed by atoms with Crippen molar-refractivity contribution in [1.29, 1.82) is 5.26 Å². The number of nitrogens with zero attached hydrogens (tertiary/aromatic N) is 2. The average Bonchev–Trinajstić information content (AvgIpc) is 3.10. The zero-order valence-electron chi connectivity index (χ0n) is 14.7. The highest BCUT2D eigenvalue weighted by atomic mass is 35.5. The van der Waals surface area contributed by atoms with E-state index in [4.69, 9.17) is 11.6 Å². The molecule has 0 aliphatic heterocycles. The molecule has 4 heteroatoms. The van der Waals surface area contributed by atoms with Crippen molar-refractivity contribution in [3.05, 3.63) is 75.1 Å². The minimum absolute atomic E-state index is 0.542. The van der Waals surface area contributed by atoms with Gasteiger partial charge in [-0.25, -0.2) is 4.98 Å². The fourth-order valence-electron chi connectivity index (χ4n) is 2.72. The summed E-state index contributed by atoms with van der Waals surface area (Å²) in [7, 11) is 0. The Balaban J connectivity index is 1.85. The number of nitriles is 1. The van der Waals surface area contributed by atoms with Gasteiger partial charge in [-0.1, -0.05) is 61.8 Å². The monoisotopic (exact) mass is 378 g/mol. The molecule has 0 saturated carbocycles. The van der Waals surface area contributed by atoms with E-state index in [9.17, 15) is 5.26 Å². The summed E-state index contributed by atoms with van der Waals surface area (Å²) < 4.78 is 0. The quantitative estimate of drug-likeness (QED) is 0.461. The molecular formula is C22H19ClN2S. The van der Waals surface area contributed by atoms with Gasteiger partial charge in [-0.2, -0.15) is 5.26 Å². The van der Waals surface area contributed by atoms with Crippen LogP contribution in [-0.2, 0) is 6.42 Å². The SMILES string of the molecule is CC(C)Cc1ccc(-c2csc(/C(C#N)=C\c3cccc(Cl)c3)n2)cc1. The first-order chi connectivity index (χ1) is 12.5. The van der Waals surface area contributed by atoms with E-state index in [1.165, 1.54) is 16.9 Å². The topological polar surface area (TPSA) is 36.7 Å². The zero-order chi connectivity index (χ0) is 18.5. The predicted molar refractivity (Wildman–Crippen MR) is 111 cm³/mol. The van der Waals surface area contributed by atoms with Crippen molar-refractivity contribution in [2.24, 2.45) is 5.92 Å². The number of benzene rings is 2. The van der Waals surface area contributed by atoms with Gasteiger partial charge in [-0.15, -0.1) is 11.3 Å². The van der Waals surface area contributed by atoms with E-state index in [2.05, 4.69) is 49.2 Å². The van der Waals surface area contributed by atoms with Gasteiger partial charge in [-0.05, 0) is 41.7 Å². The molecule has 3 aromatic rings. The fourth-order valence-corrected chi connectivity index (χ4v) is 3.71. The molecule has 0 fully saturated rings. The molecule has 0 aliphatic rings. The molecule has 0 spiro atoms. The summed E-state index contributed by atoms with van der Waals surface area (Å²) >= 11 is 7.50. The molecular weight excluding hydrogens is 360 g/mol. The fraction of sp³-hybridized carbons (Fsp3) is 0.182. The molecule has 0 atom stereocenters. The van der Waals surface area contributed by atoms with Gasteiger partial charge in [0, 0.05) is 16.0 Å². The highest BCUT2D eigenvalue weighted by Crippen LogP contribution is 2.28.